The van der Waals surface area contributed by atoms with Gasteiger partial charge in [0.05, 0.1) is 18.3 Å². The van der Waals surface area contributed by atoms with Gasteiger partial charge in [0, 0.05) is 11.3 Å². The minimum atomic E-state index is -2.79. The molecule has 2 N–H and O–H groups in total. The third-order valence-corrected chi connectivity index (χ3v) is 5.07. The molecule has 0 saturated carbocycles. The normalized spacial score (nSPS) is 23.8. The lowest BCUT2D eigenvalue weighted by Gasteiger charge is -2.09. The van der Waals surface area contributed by atoms with Crippen LogP contribution >= 0.6 is 23.7 Å². The number of nitrogens with one attached hydrogen (secondary N) is 2. The molecule has 1 amide bonds. The van der Waals surface area contributed by atoms with E-state index in [0.29, 0.717) is 5.13 Å². The number of halogens is 3. The first-order valence-corrected chi connectivity index (χ1v) is 8.26. The molecule has 2 aliphatic rings. The van der Waals surface area contributed by atoms with Crippen LogP contribution in [0.1, 0.15) is 42.7 Å². The van der Waals surface area contributed by atoms with Crippen LogP contribution in [0.5, 0.6) is 0 Å². The maximum atomic E-state index is 13.1. The van der Waals surface area contributed by atoms with Gasteiger partial charge < -0.3 is 5.32 Å². The van der Waals surface area contributed by atoms with Crippen molar-refractivity contribution in [1.82, 2.24) is 10.3 Å². The predicted octanol–water partition coefficient (Wildman–Crippen LogP) is 3.16. The van der Waals surface area contributed by atoms with Crippen molar-refractivity contribution in [1.29, 1.82) is 0 Å². The van der Waals surface area contributed by atoms with Crippen molar-refractivity contribution in [2.24, 2.45) is 0 Å². The molecule has 0 spiro atoms. The molecule has 124 valence electrons. The van der Waals surface area contributed by atoms with Gasteiger partial charge in [-0.3, -0.25) is 10.1 Å². The van der Waals surface area contributed by atoms with Crippen LogP contribution in [-0.4, -0.2) is 29.4 Å². The summed E-state index contributed by atoms with van der Waals surface area (Å²) in [7, 11) is 0. The second kappa shape index (κ2) is 7.19. The summed E-state index contributed by atoms with van der Waals surface area (Å²) in [6.45, 7) is -0.431. The first-order chi connectivity index (χ1) is 10.0. The monoisotopic (exact) mass is 351 g/mol. The molecule has 1 atom stereocenters. The van der Waals surface area contributed by atoms with Crippen molar-refractivity contribution in [3.8, 4) is 0 Å². The Morgan fingerprint density at radius 3 is 2.68 bits per heavy atom. The third-order valence-electron chi connectivity index (χ3n) is 4.00. The average Bonchev–Trinajstić information content (AvgIpc) is 2.93. The molecule has 4 nitrogen and oxygen atoms in total. The highest BCUT2D eigenvalue weighted by atomic mass is 35.5. The molecule has 1 aromatic heterocycles. The highest BCUT2D eigenvalue weighted by molar-refractivity contribution is 7.15. The zero-order chi connectivity index (χ0) is 14.9. The van der Waals surface area contributed by atoms with Crippen LogP contribution in [-0.2, 0) is 17.6 Å². The molecule has 3 rings (SSSR count). The zero-order valence-electron chi connectivity index (χ0n) is 12.2. The van der Waals surface area contributed by atoms with Gasteiger partial charge in [-0.1, -0.05) is 12.8 Å². The summed E-state index contributed by atoms with van der Waals surface area (Å²) >= 11 is 1.49. The summed E-state index contributed by atoms with van der Waals surface area (Å²) in [5.41, 5.74) is 1.07. The van der Waals surface area contributed by atoms with Gasteiger partial charge in [-0.15, -0.1) is 23.7 Å². The van der Waals surface area contributed by atoms with Gasteiger partial charge in [0.15, 0.2) is 5.13 Å². The van der Waals surface area contributed by atoms with Crippen molar-refractivity contribution in [2.75, 3.05) is 11.9 Å². The number of aromatic nitrogens is 1. The minimum Gasteiger partial charge on any atom is -0.301 e. The average molecular weight is 352 g/mol. The third kappa shape index (κ3) is 4.14. The summed E-state index contributed by atoms with van der Waals surface area (Å²) in [4.78, 5) is 17.7. The van der Waals surface area contributed by atoms with Crippen molar-refractivity contribution < 1.29 is 13.6 Å². The fourth-order valence-corrected chi connectivity index (χ4v) is 3.91. The van der Waals surface area contributed by atoms with Crippen LogP contribution in [0.25, 0.3) is 0 Å². The number of carbonyl (C=O) groups is 1. The van der Waals surface area contributed by atoms with Gasteiger partial charge in [0.1, 0.15) is 0 Å². The molecule has 22 heavy (non-hydrogen) atoms. The molecule has 1 aromatic rings. The topological polar surface area (TPSA) is 54.0 Å². The number of aryl methyl sites for hydroxylation is 2. The van der Waals surface area contributed by atoms with Crippen LogP contribution in [0.2, 0.25) is 0 Å². The Kier molecular flexibility index (Phi) is 5.74. The molecular formula is C14H20ClF2N3OS. The number of amides is 1. The largest absolute Gasteiger partial charge is 0.301 e. The Morgan fingerprint density at radius 1 is 1.27 bits per heavy atom. The first kappa shape index (κ1) is 17.6. The van der Waals surface area contributed by atoms with E-state index in [1.165, 1.54) is 29.1 Å². The number of carbonyl (C=O) groups excluding carboxylic acids is 1. The Hall–Kier alpha value is -0.790. The van der Waals surface area contributed by atoms with Crippen molar-refractivity contribution in [2.45, 2.75) is 56.9 Å². The van der Waals surface area contributed by atoms with Gasteiger partial charge in [-0.2, -0.15) is 0 Å². The molecule has 8 heteroatoms. The summed E-state index contributed by atoms with van der Waals surface area (Å²) in [6.07, 6.45) is 6.24. The first-order valence-electron chi connectivity index (χ1n) is 7.44. The molecule has 0 bridgehead atoms. The van der Waals surface area contributed by atoms with Gasteiger partial charge in [0.25, 0.3) is 5.92 Å². The molecule has 2 heterocycles. The van der Waals surface area contributed by atoms with Crippen LogP contribution < -0.4 is 10.6 Å². The SMILES string of the molecule is Cl.O=C(Nc1nc2c(s1)CCCCCC2)C1CC(F)(F)CN1. The van der Waals surface area contributed by atoms with Crippen LogP contribution in [0, 0.1) is 0 Å². The van der Waals surface area contributed by atoms with E-state index in [1.807, 2.05) is 0 Å². The lowest BCUT2D eigenvalue weighted by molar-refractivity contribution is -0.118. The van der Waals surface area contributed by atoms with E-state index in [1.54, 1.807) is 0 Å². The zero-order valence-corrected chi connectivity index (χ0v) is 13.8. The summed E-state index contributed by atoms with van der Waals surface area (Å²) in [5.74, 6) is -3.20. The maximum Gasteiger partial charge on any atom is 0.262 e. The van der Waals surface area contributed by atoms with E-state index in [2.05, 4.69) is 15.6 Å². The van der Waals surface area contributed by atoms with Crippen molar-refractivity contribution >= 4 is 34.8 Å². The van der Waals surface area contributed by atoms with Crippen LogP contribution in [0.3, 0.4) is 0 Å². The van der Waals surface area contributed by atoms with Gasteiger partial charge in [-0.05, 0) is 25.7 Å². The van der Waals surface area contributed by atoms with E-state index < -0.39 is 30.8 Å². The van der Waals surface area contributed by atoms with Gasteiger partial charge >= 0.3 is 0 Å². The Morgan fingerprint density at radius 2 is 2.00 bits per heavy atom. The number of anilines is 1. The molecule has 1 saturated heterocycles. The van der Waals surface area contributed by atoms with Crippen molar-refractivity contribution in [3.63, 3.8) is 0 Å². The van der Waals surface area contributed by atoms with E-state index in [-0.39, 0.29) is 12.4 Å². The molecule has 1 aliphatic heterocycles. The summed E-state index contributed by atoms with van der Waals surface area (Å²) < 4.78 is 26.2. The van der Waals surface area contributed by atoms with E-state index >= 15 is 0 Å². The lowest BCUT2D eigenvalue weighted by Crippen LogP contribution is -2.35. The number of rotatable bonds is 2. The lowest BCUT2D eigenvalue weighted by atomic mass is 10.0. The predicted molar refractivity (Wildman–Crippen MR) is 85.2 cm³/mol. The molecule has 0 aromatic carbocycles. The standard InChI is InChI=1S/C14H19F2N3OS.ClH/c15-14(16)7-10(17-8-14)12(20)19-13-18-9-5-3-1-2-4-6-11(9)21-13;/h10,17H,1-8H2,(H,18,19,20);1H. The number of thiazole rings is 1. The number of alkyl halides is 2. The number of nitrogens with zero attached hydrogens (tertiary/aromatic N) is 1. The smallest absolute Gasteiger partial charge is 0.262 e. The molecule has 1 aliphatic carbocycles. The Balaban J connectivity index is 0.00000176. The van der Waals surface area contributed by atoms with Crippen LogP contribution in [0.4, 0.5) is 13.9 Å². The summed E-state index contributed by atoms with van der Waals surface area (Å²) in [6, 6.07) is -0.827. The number of hydrogen-bond donors (Lipinski definition) is 2. The minimum absolute atomic E-state index is 0. The van der Waals surface area contributed by atoms with E-state index in [4.69, 9.17) is 0 Å². The highest BCUT2D eigenvalue weighted by Gasteiger charge is 2.42. The molecule has 1 fully saturated rings. The summed E-state index contributed by atoms with van der Waals surface area (Å²) in [5, 5.41) is 5.80. The fraction of sp³-hybridized carbons (Fsp3) is 0.714. The fourth-order valence-electron chi connectivity index (χ4n) is 2.85. The molecular weight excluding hydrogens is 332 g/mol. The second-order valence-corrected chi connectivity index (χ2v) is 6.87. The van der Waals surface area contributed by atoms with Gasteiger partial charge in [-0.25, -0.2) is 13.8 Å². The molecule has 0 radical (unpaired) electrons. The second-order valence-electron chi connectivity index (χ2n) is 5.79. The number of fused-ring (bicyclic) bond motifs is 1. The quantitative estimate of drug-likeness (QED) is 0.860. The molecule has 1 unspecified atom stereocenters. The van der Waals surface area contributed by atoms with Crippen molar-refractivity contribution in [3.05, 3.63) is 10.6 Å². The number of hydrogen-bond acceptors (Lipinski definition) is 4. The Labute approximate surface area is 138 Å². The van der Waals surface area contributed by atoms with Gasteiger partial charge in [0.2, 0.25) is 5.91 Å². The van der Waals surface area contributed by atoms with E-state index in [9.17, 15) is 13.6 Å². The Bertz CT molecular complexity index is 513. The highest BCUT2D eigenvalue weighted by Crippen LogP contribution is 2.30. The van der Waals surface area contributed by atoms with Crippen LogP contribution in [0.15, 0.2) is 0 Å². The maximum absolute atomic E-state index is 13.1. The van der Waals surface area contributed by atoms with E-state index in [0.717, 1.165) is 31.4 Å².